The minimum Gasteiger partial charge on any atom is -0.493 e. The smallest absolute Gasteiger partial charge is 0.257 e. The predicted molar refractivity (Wildman–Crippen MR) is 106 cm³/mol. The Morgan fingerprint density at radius 1 is 0.923 bits per heavy atom. The van der Waals surface area contributed by atoms with E-state index in [1.165, 1.54) is 5.56 Å². The molecule has 5 heteroatoms. The Kier molecular flexibility index (Phi) is 6.16. The predicted octanol–water partition coefficient (Wildman–Crippen LogP) is 5.87. The number of hydrogen-bond donors (Lipinski definition) is 1. The summed E-state index contributed by atoms with van der Waals surface area (Å²) >= 11 is 11.9. The van der Waals surface area contributed by atoms with Crippen LogP contribution in [-0.2, 0) is 6.42 Å². The number of carbonyl (C=O) groups excluding carboxylic acids is 1. The van der Waals surface area contributed by atoms with E-state index in [1.54, 1.807) is 30.3 Å². The van der Waals surface area contributed by atoms with E-state index in [1.807, 2.05) is 30.3 Å². The van der Waals surface area contributed by atoms with E-state index >= 15 is 0 Å². The van der Waals surface area contributed by atoms with Crippen LogP contribution in [0, 0.1) is 0 Å². The van der Waals surface area contributed by atoms with Crippen molar-refractivity contribution in [3.63, 3.8) is 0 Å². The number of ether oxygens (including phenoxy) is 1. The molecule has 3 aromatic rings. The summed E-state index contributed by atoms with van der Waals surface area (Å²) in [7, 11) is 0. The number of nitrogens with one attached hydrogen (secondary N) is 1. The quantitative estimate of drug-likeness (QED) is 0.576. The molecule has 3 nitrogen and oxygen atoms in total. The van der Waals surface area contributed by atoms with Crippen molar-refractivity contribution < 1.29 is 9.53 Å². The minimum absolute atomic E-state index is 0.298. The summed E-state index contributed by atoms with van der Waals surface area (Å²) in [6, 6.07) is 22.2. The molecule has 0 saturated heterocycles. The number of amides is 1. The maximum Gasteiger partial charge on any atom is 0.257 e. The molecule has 0 saturated carbocycles. The minimum atomic E-state index is -0.298. The van der Waals surface area contributed by atoms with Crippen molar-refractivity contribution in [3.05, 3.63) is 94.0 Å². The average Bonchev–Trinajstić information content (AvgIpc) is 2.63. The molecule has 1 N–H and O–H groups in total. The third kappa shape index (κ3) is 5.01. The molecule has 0 aliphatic carbocycles. The fourth-order valence-electron chi connectivity index (χ4n) is 2.47. The van der Waals surface area contributed by atoms with Crippen LogP contribution in [0.4, 0.5) is 5.69 Å². The van der Waals surface area contributed by atoms with Crippen LogP contribution in [0.3, 0.4) is 0 Å². The normalized spacial score (nSPS) is 10.4. The lowest BCUT2D eigenvalue weighted by Gasteiger charge is -2.10. The fraction of sp³-hybridized carbons (Fsp3) is 0.0952. The zero-order valence-corrected chi connectivity index (χ0v) is 15.4. The first-order valence-electron chi connectivity index (χ1n) is 8.15. The van der Waals surface area contributed by atoms with Gasteiger partial charge < -0.3 is 10.1 Å². The standard InChI is InChI=1S/C21H17Cl2NO2/c22-16-9-10-19(20(23)13-16)21(25)24-17-7-4-8-18(14-17)26-12-11-15-5-2-1-3-6-15/h1-10,13-14H,11-12H2,(H,24,25). The van der Waals surface area contributed by atoms with Gasteiger partial charge in [0.05, 0.1) is 17.2 Å². The monoisotopic (exact) mass is 385 g/mol. The zero-order chi connectivity index (χ0) is 18.4. The summed E-state index contributed by atoms with van der Waals surface area (Å²) in [5.74, 6) is 0.397. The van der Waals surface area contributed by atoms with Crippen LogP contribution in [0.5, 0.6) is 5.75 Å². The van der Waals surface area contributed by atoms with E-state index in [0.717, 1.165) is 6.42 Å². The van der Waals surface area contributed by atoms with Crippen LogP contribution in [0.15, 0.2) is 72.8 Å². The molecular formula is C21H17Cl2NO2. The van der Waals surface area contributed by atoms with Crippen molar-refractivity contribution in [2.75, 3.05) is 11.9 Å². The second-order valence-electron chi connectivity index (χ2n) is 5.69. The molecule has 0 unspecified atom stereocenters. The van der Waals surface area contributed by atoms with E-state index in [-0.39, 0.29) is 5.91 Å². The molecule has 0 aliphatic rings. The van der Waals surface area contributed by atoms with Gasteiger partial charge in [-0.1, -0.05) is 59.6 Å². The van der Waals surface area contributed by atoms with Gasteiger partial charge in [0.2, 0.25) is 0 Å². The summed E-state index contributed by atoms with van der Waals surface area (Å²) in [5.41, 5.74) is 2.22. The van der Waals surface area contributed by atoms with E-state index < -0.39 is 0 Å². The van der Waals surface area contributed by atoms with Gasteiger partial charge in [-0.2, -0.15) is 0 Å². The number of halogens is 2. The van der Waals surface area contributed by atoms with E-state index in [0.29, 0.717) is 33.7 Å². The third-order valence-electron chi connectivity index (χ3n) is 3.77. The molecule has 0 spiro atoms. The van der Waals surface area contributed by atoms with Gasteiger partial charge in [-0.15, -0.1) is 0 Å². The van der Waals surface area contributed by atoms with Crippen LogP contribution >= 0.6 is 23.2 Å². The molecule has 0 heterocycles. The molecule has 26 heavy (non-hydrogen) atoms. The van der Waals surface area contributed by atoms with E-state index in [2.05, 4.69) is 17.4 Å². The fourth-order valence-corrected chi connectivity index (χ4v) is 2.96. The Balaban J connectivity index is 1.61. The van der Waals surface area contributed by atoms with Crippen molar-refractivity contribution in [2.24, 2.45) is 0 Å². The lowest BCUT2D eigenvalue weighted by molar-refractivity contribution is 0.102. The second-order valence-corrected chi connectivity index (χ2v) is 6.53. The Morgan fingerprint density at radius 3 is 2.50 bits per heavy atom. The van der Waals surface area contributed by atoms with Crippen molar-refractivity contribution in [2.45, 2.75) is 6.42 Å². The second kappa shape index (κ2) is 8.75. The van der Waals surface area contributed by atoms with Gasteiger partial charge in [-0.3, -0.25) is 4.79 Å². The van der Waals surface area contributed by atoms with Gasteiger partial charge in [0.25, 0.3) is 5.91 Å². The van der Waals surface area contributed by atoms with Gasteiger partial charge >= 0.3 is 0 Å². The summed E-state index contributed by atoms with van der Waals surface area (Å²) < 4.78 is 5.78. The maximum absolute atomic E-state index is 12.4. The van der Waals surface area contributed by atoms with Crippen LogP contribution in [0.25, 0.3) is 0 Å². The van der Waals surface area contributed by atoms with Crippen molar-refractivity contribution >= 4 is 34.8 Å². The molecule has 3 aromatic carbocycles. The van der Waals surface area contributed by atoms with E-state index in [9.17, 15) is 4.79 Å². The van der Waals surface area contributed by atoms with Crippen LogP contribution in [-0.4, -0.2) is 12.5 Å². The SMILES string of the molecule is O=C(Nc1cccc(OCCc2ccccc2)c1)c1ccc(Cl)cc1Cl. The third-order valence-corrected chi connectivity index (χ3v) is 4.32. The highest BCUT2D eigenvalue weighted by atomic mass is 35.5. The first-order chi connectivity index (χ1) is 12.6. The molecule has 0 bridgehead atoms. The zero-order valence-electron chi connectivity index (χ0n) is 13.9. The Bertz CT molecular complexity index is 898. The highest BCUT2D eigenvalue weighted by molar-refractivity contribution is 6.37. The van der Waals surface area contributed by atoms with E-state index in [4.69, 9.17) is 27.9 Å². The molecule has 1 amide bonds. The highest BCUT2D eigenvalue weighted by Crippen LogP contribution is 2.23. The Labute approximate surface area is 162 Å². The molecule has 3 rings (SSSR count). The molecular weight excluding hydrogens is 369 g/mol. The van der Waals surface area contributed by atoms with Gasteiger partial charge in [-0.25, -0.2) is 0 Å². The van der Waals surface area contributed by atoms with Crippen molar-refractivity contribution in [3.8, 4) is 5.75 Å². The number of carbonyl (C=O) groups is 1. The summed E-state index contributed by atoms with van der Waals surface area (Å²) in [6.45, 7) is 0.560. The Morgan fingerprint density at radius 2 is 1.73 bits per heavy atom. The average molecular weight is 386 g/mol. The molecule has 0 atom stereocenters. The highest BCUT2D eigenvalue weighted by Gasteiger charge is 2.11. The lowest BCUT2D eigenvalue weighted by atomic mass is 10.2. The van der Waals surface area contributed by atoms with Gasteiger partial charge in [0.1, 0.15) is 5.75 Å². The lowest BCUT2D eigenvalue weighted by Crippen LogP contribution is -2.12. The van der Waals surface area contributed by atoms with Gasteiger partial charge in [0.15, 0.2) is 0 Å². The Hall–Kier alpha value is -2.49. The first kappa shape index (κ1) is 18.3. The van der Waals surface area contributed by atoms with Crippen LogP contribution in [0.1, 0.15) is 15.9 Å². The summed E-state index contributed by atoms with van der Waals surface area (Å²) in [4.78, 5) is 12.4. The molecule has 0 radical (unpaired) electrons. The number of rotatable bonds is 6. The molecule has 0 fully saturated rings. The van der Waals surface area contributed by atoms with Crippen LogP contribution in [0.2, 0.25) is 10.0 Å². The molecule has 0 aromatic heterocycles. The number of benzene rings is 3. The number of hydrogen-bond acceptors (Lipinski definition) is 2. The summed E-state index contributed by atoms with van der Waals surface area (Å²) in [5, 5.41) is 3.62. The maximum atomic E-state index is 12.4. The molecule has 0 aliphatic heterocycles. The van der Waals surface area contributed by atoms with Gasteiger partial charge in [0, 0.05) is 23.2 Å². The summed E-state index contributed by atoms with van der Waals surface area (Å²) in [6.07, 6.45) is 0.817. The first-order valence-corrected chi connectivity index (χ1v) is 8.90. The largest absolute Gasteiger partial charge is 0.493 e. The van der Waals surface area contributed by atoms with Crippen molar-refractivity contribution in [1.82, 2.24) is 0 Å². The van der Waals surface area contributed by atoms with Crippen molar-refractivity contribution in [1.29, 1.82) is 0 Å². The topological polar surface area (TPSA) is 38.3 Å². The molecule has 132 valence electrons. The number of anilines is 1. The van der Waals surface area contributed by atoms with Crippen LogP contribution < -0.4 is 10.1 Å². The van der Waals surface area contributed by atoms with Gasteiger partial charge in [-0.05, 0) is 35.9 Å².